The molecule has 3 nitrogen and oxygen atoms in total. The molecule has 0 N–H and O–H groups in total. The topological polar surface area (TPSA) is 57.9 Å². The van der Waals surface area contributed by atoms with E-state index in [1.807, 2.05) is 6.07 Å². The van der Waals surface area contributed by atoms with Crippen LogP contribution < -0.4 is 0 Å². The molecular weight excluding hydrogens is 246 g/mol. The zero-order valence-electron chi connectivity index (χ0n) is 8.85. The lowest BCUT2D eigenvalue weighted by Crippen LogP contribution is -2.16. The van der Waals surface area contributed by atoms with E-state index in [0.717, 1.165) is 0 Å². The van der Waals surface area contributed by atoms with Gasteiger partial charge in [-0.2, -0.15) is 5.26 Å². The number of halogens is 1. The molecule has 1 rings (SSSR count). The maximum atomic E-state index is 12.0. The minimum absolute atomic E-state index is 0.0325. The molecule has 0 aliphatic rings. The first-order valence-electron chi connectivity index (χ1n) is 4.79. The van der Waals surface area contributed by atoms with Crippen LogP contribution >= 0.6 is 11.6 Å². The maximum Gasteiger partial charge on any atom is 0.179 e. The van der Waals surface area contributed by atoms with Crippen molar-refractivity contribution in [2.75, 3.05) is 11.6 Å². The first kappa shape index (κ1) is 13.0. The molecule has 0 spiro atoms. The van der Waals surface area contributed by atoms with E-state index in [9.17, 15) is 8.42 Å². The lowest BCUT2D eigenvalue weighted by atomic mass is 10.2. The van der Waals surface area contributed by atoms with Gasteiger partial charge in [0.05, 0.1) is 16.2 Å². The molecule has 0 aromatic heterocycles. The summed E-state index contributed by atoms with van der Waals surface area (Å²) in [7, 11) is -3.42. The number of hydrogen-bond acceptors (Lipinski definition) is 3. The molecule has 0 amide bonds. The fourth-order valence-corrected chi connectivity index (χ4v) is 3.36. The maximum absolute atomic E-state index is 12.0. The van der Waals surface area contributed by atoms with Gasteiger partial charge >= 0.3 is 0 Å². The van der Waals surface area contributed by atoms with Crippen LogP contribution in [-0.2, 0) is 9.84 Å². The molecule has 5 heteroatoms. The van der Waals surface area contributed by atoms with E-state index in [0.29, 0.717) is 0 Å². The van der Waals surface area contributed by atoms with Gasteiger partial charge in [0, 0.05) is 5.88 Å². The van der Waals surface area contributed by atoms with E-state index in [-0.39, 0.29) is 28.0 Å². The van der Waals surface area contributed by atoms with E-state index in [1.165, 1.54) is 12.1 Å². The highest BCUT2D eigenvalue weighted by Gasteiger charge is 2.20. The number of benzene rings is 1. The second kappa shape index (κ2) is 5.33. The minimum atomic E-state index is -3.42. The molecular formula is C11H12ClNO2S. The summed E-state index contributed by atoms with van der Waals surface area (Å²) >= 11 is 5.59. The summed E-state index contributed by atoms with van der Waals surface area (Å²) in [5.74, 6) is 0.127. The predicted molar refractivity (Wildman–Crippen MR) is 63.1 cm³/mol. The van der Waals surface area contributed by atoms with Crippen LogP contribution in [0.15, 0.2) is 29.2 Å². The Balaban J connectivity index is 3.13. The molecule has 1 unspecified atom stereocenters. The average molecular weight is 258 g/mol. The minimum Gasteiger partial charge on any atom is -0.224 e. The molecule has 0 aliphatic heterocycles. The number of hydrogen-bond donors (Lipinski definition) is 0. The quantitative estimate of drug-likeness (QED) is 0.777. The normalized spacial score (nSPS) is 13.1. The van der Waals surface area contributed by atoms with Crippen LogP contribution in [0.5, 0.6) is 0 Å². The van der Waals surface area contributed by atoms with Gasteiger partial charge in [-0.25, -0.2) is 8.42 Å². The van der Waals surface area contributed by atoms with Crippen molar-refractivity contribution in [2.45, 2.75) is 11.8 Å². The summed E-state index contributed by atoms with van der Waals surface area (Å²) in [5.41, 5.74) is 0.185. The summed E-state index contributed by atoms with van der Waals surface area (Å²) in [6, 6.07) is 8.08. The first-order chi connectivity index (χ1) is 7.51. The average Bonchev–Trinajstić information content (AvgIpc) is 2.28. The van der Waals surface area contributed by atoms with E-state index < -0.39 is 9.84 Å². The van der Waals surface area contributed by atoms with Crippen molar-refractivity contribution in [3.8, 4) is 6.07 Å². The van der Waals surface area contributed by atoms with E-state index in [2.05, 4.69) is 0 Å². The Kier molecular flexibility index (Phi) is 4.34. The standard InChI is InChI=1S/C11H12ClNO2S/c1-9(6-12)8-16(14,15)11-5-3-2-4-10(11)7-13/h2-5,9H,6,8H2,1H3. The lowest BCUT2D eigenvalue weighted by Gasteiger charge is -2.09. The molecule has 86 valence electrons. The van der Waals surface area contributed by atoms with Crippen molar-refractivity contribution in [3.05, 3.63) is 29.8 Å². The molecule has 0 saturated heterocycles. The van der Waals surface area contributed by atoms with Gasteiger partial charge in [0.15, 0.2) is 9.84 Å². The van der Waals surface area contributed by atoms with Gasteiger partial charge in [-0.15, -0.1) is 11.6 Å². The van der Waals surface area contributed by atoms with Gasteiger partial charge in [-0.05, 0) is 18.1 Å². The number of nitriles is 1. The van der Waals surface area contributed by atoms with Crippen LogP contribution in [0.2, 0.25) is 0 Å². The summed E-state index contributed by atoms with van der Waals surface area (Å²) in [6.07, 6.45) is 0. The van der Waals surface area contributed by atoms with Crippen molar-refractivity contribution >= 4 is 21.4 Å². The Morgan fingerprint density at radius 2 is 2.06 bits per heavy atom. The van der Waals surface area contributed by atoms with E-state index in [1.54, 1.807) is 19.1 Å². The Bertz CT molecular complexity index is 505. The molecule has 0 bridgehead atoms. The molecule has 0 fully saturated rings. The molecule has 0 heterocycles. The molecule has 1 aromatic carbocycles. The third-order valence-corrected chi connectivity index (χ3v) is 4.67. The summed E-state index contributed by atoms with van der Waals surface area (Å²) in [6.45, 7) is 1.76. The highest BCUT2D eigenvalue weighted by atomic mass is 35.5. The molecule has 16 heavy (non-hydrogen) atoms. The number of alkyl halides is 1. The van der Waals surface area contributed by atoms with Gasteiger partial charge in [0.1, 0.15) is 6.07 Å². The Morgan fingerprint density at radius 3 is 2.62 bits per heavy atom. The summed E-state index contributed by atoms with van der Waals surface area (Å²) in [4.78, 5) is 0.0921. The first-order valence-corrected chi connectivity index (χ1v) is 6.97. The highest BCUT2D eigenvalue weighted by molar-refractivity contribution is 7.91. The third kappa shape index (κ3) is 2.97. The van der Waals surface area contributed by atoms with Crippen molar-refractivity contribution in [1.82, 2.24) is 0 Å². The monoisotopic (exact) mass is 257 g/mol. The smallest absolute Gasteiger partial charge is 0.179 e. The molecule has 1 aromatic rings. The van der Waals surface area contributed by atoms with Crippen molar-refractivity contribution < 1.29 is 8.42 Å². The van der Waals surface area contributed by atoms with Crippen LogP contribution in [0.25, 0.3) is 0 Å². The summed E-state index contributed by atoms with van der Waals surface area (Å²) < 4.78 is 23.9. The van der Waals surface area contributed by atoms with Gasteiger partial charge in [0.25, 0.3) is 0 Å². The van der Waals surface area contributed by atoms with Crippen molar-refractivity contribution in [2.24, 2.45) is 5.92 Å². The Labute approximate surface area is 101 Å². The number of rotatable bonds is 4. The van der Waals surface area contributed by atoms with Gasteiger partial charge in [-0.3, -0.25) is 0 Å². The fraction of sp³-hybridized carbons (Fsp3) is 0.364. The van der Waals surface area contributed by atoms with Crippen LogP contribution in [0.3, 0.4) is 0 Å². The van der Waals surface area contributed by atoms with Crippen molar-refractivity contribution in [1.29, 1.82) is 5.26 Å². The molecule has 0 aliphatic carbocycles. The SMILES string of the molecule is CC(CCl)CS(=O)(=O)c1ccccc1C#N. The van der Waals surface area contributed by atoms with Crippen molar-refractivity contribution in [3.63, 3.8) is 0 Å². The second-order valence-corrected chi connectivity index (χ2v) is 5.96. The van der Waals surface area contributed by atoms with E-state index in [4.69, 9.17) is 16.9 Å². The van der Waals surface area contributed by atoms with Crippen LogP contribution in [0.1, 0.15) is 12.5 Å². The Hall–Kier alpha value is -1.05. The molecule has 0 radical (unpaired) electrons. The van der Waals surface area contributed by atoms with Crippen LogP contribution in [0, 0.1) is 17.2 Å². The van der Waals surface area contributed by atoms with Gasteiger partial charge < -0.3 is 0 Å². The second-order valence-electron chi connectivity index (χ2n) is 3.65. The zero-order valence-corrected chi connectivity index (χ0v) is 10.4. The number of sulfone groups is 1. The van der Waals surface area contributed by atoms with Gasteiger partial charge in [-0.1, -0.05) is 19.1 Å². The largest absolute Gasteiger partial charge is 0.224 e. The number of nitrogens with zero attached hydrogens (tertiary/aromatic N) is 1. The zero-order chi connectivity index (χ0) is 12.2. The highest BCUT2D eigenvalue weighted by Crippen LogP contribution is 2.18. The molecule has 0 saturated carbocycles. The summed E-state index contributed by atoms with van der Waals surface area (Å²) in [5, 5.41) is 8.83. The van der Waals surface area contributed by atoms with E-state index >= 15 is 0 Å². The predicted octanol–water partition coefficient (Wildman–Crippen LogP) is 2.21. The van der Waals surface area contributed by atoms with Crippen LogP contribution in [-0.4, -0.2) is 20.1 Å². The third-order valence-electron chi connectivity index (χ3n) is 2.11. The molecule has 1 atom stereocenters. The Morgan fingerprint density at radius 1 is 1.44 bits per heavy atom. The van der Waals surface area contributed by atoms with Crippen LogP contribution in [0.4, 0.5) is 0 Å². The van der Waals surface area contributed by atoms with Gasteiger partial charge in [0.2, 0.25) is 0 Å². The lowest BCUT2D eigenvalue weighted by molar-refractivity contribution is 0.583. The fourth-order valence-electron chi connectivity index (χ4n) is 1.34.